The Balaban J connectivity index is 2.13. The van der Waals surface area contributed by atoms with Crippen molar-refractivity contribution in [2.45, 2.75) is 127 Å². The lowest BCUT2D eigenvalue weighted by molar-refractivity contribution is -0.347. The summed E-state index contributed by atoms with van der Waals surface area (Å²) in [5, 5.41) is 49.1. The van der Waals surface area contributed by atoms with Gasteiger partial charge in [0.15, 0.2) is 0 Å². The molecule has 5 N–H and O–H groups in total. The third-order valence-electron chi connectivity index (χ3n) is 5.81. The van der Waals surface area contributed by atoms with Gasteiger partial charge in [-0.3, -0.25) is 4.79 Å². The summed E-state index contributed by atoms with van der Waals surface area (Å²) >= 11 is 0. The van der Waals surface area contributed by atoms with Gasteiger partial charge in [0, 0.05) is 6.42 Å². The van der Waals surface area contributed by atoms with Gasteiger partial charge >= 0.3 is 0 Å². The van der Waals surface area contributed by atoms with Crippen LogP contribution >= 0.6 is 0 Å². The average Bonchev–Trinajstić information content (AvgIpc) is 2.70. The molecule has 0 saturated carbocycles. The van der Waals surface area contributed by atoms with Crippen LogP contribution < -0.4 is 0 Å². The third-order valence-corrected chi connectivity index (χ3v) is 5.81. The van der Waals surface area contributed by atoms with E-state index in [2.05, 4.69) is 6.92 Å². The Morgan fingerprint density at radius 1 is 0.828 bits per heavy atom. The minimum atomic E-state index is -2.29. The molecule has 1 rings (SSSR count). The zero-order chi connectivity index (χ0) is 21.7. The Morgan fingerprint density at radius 2 is 1.31 bits per heavy atom. The van der Waals surface area contributed by atoms with Gasteiger partial charge < -0.3 is 30.3 Å². The molecule has 0 unspecified atom stereocenters. The van der Waals surface area contributed by atoms with E-state index in [-0.39, 0.29) is 12.2 Å². The van der Waals surface area contributed by atoms with Crippen molar-refractivity contribution in [3.05, 3.63) is 0 Å². The maximum Gasteiger partial charge on any atom is 0.202 e. The first-order valence-corrected chi connectivity index (χ1v) is 11.4. The molecule has 7 heteroatoms. The summed E-state index contributed by atoms with van der Waals surface area (Å²) in [6, 6.07) is 0. The van der Waals surface area contributed by atoms with E-state index in [0.29, 0.717) is 6.42 Å². The molecule has 0 aromatic heterocycles. The number of ketones is 1. The molecule has 1 saturated heterocycles. The number of aliphatic hydroxyl groups excluding tert-OH is 4. The molecule has 7 nitrogen and oxygen atoms in total. The Hall–Kier alpha value is -0.570. The summed E-state index contributed by atoms with van der Waals surface area (Å²) in [4.78, 5) is 12.2. The SMILES string of the molecule is CCCCCCCCCCCCCCC(=O)C[C@@]1(O)O[C@H](CO)[C@H](O)[C@H](O)[C@H]1O. The molecule has 0 aromatic carbocycles. The number of Topliss-reactive ketones (excluding diaryl/α,β-unsaturated/α-hetero) is 1. The van der Waals surface area contributed by atoms with E-state index in [1.54, 1.807) is 0 Å². The topological polar surface area (TPSA) is 127 Å². The van der Waals surface area contributed by atoms with Crippen molar-refractivity contribution in [3.8, 4) is 0 Å². The number of hydrogen-bond donors (Lipinski definition) is 5. The first kappa shape index (κ1) is 26.5. The van der Waals surface area contributed by atoms with Crippen molar-refractivity contribution < 1.29 is 35.1 Å². The minimum Gasteiger partial charge on any atom is -0.394 e. The summed E-state index contributed by atoms with van der Waals surface area (Å²) in [5.41, 5.74) is 0. The van der Waals surface area contributed by atoms with Crippen molar-refractivity contribution in [1.29, 1.82) is 0 Å². The van der Waals surface area contributed by atoms with E-state index < -0.39 is 43.2 Å². The minimum absolute atomic E-state index is 0.262. The van der Waals surface area contributed by atoms with Gasteiger partial charge in [0.25, 0.3) is 0 Å². The lowest BCUT2D eigenvalue weighted by atomic mass is 9.89. The van der Waals surface area contributed by atoms with E-state index in [9.17, 15) is 30.3 Å². The molecular formula is C22H42O7. The second kappa shape index (κ2) is 14.4. The van der Waals surface area contributed by atoms with Crippen molar-refractivity contribution in [1.82, 2.24) is 0 Å². The molecule has 1 aliphatic heterocycles. The molecule has 0 spiro atoms. The van der Waals surface area contributed by atoms with E-state index >= 15 is 0 Å². The summed E-state index contributed by atoms with van der Waals surface area (Å²) in [7, 11) is 0. The molecule has 1 fully saturated rings. The molecule has 29 heavy (non-hydrogen) atoms. The summed E-state index contributed by atoms with van der Waals surface area (Å²) in [6.07, 6.45) is 7.82. The molecule has 0 radical (unpaired) electrons. The van der Waals surface area contributed by atoms with Crippen LogP contribution in [0, 0.1) is 0 Å². The number of rotatable bonds is 16. The normalized spacial score (nSPS) is 29.9. The van der Waals surface area contributed by atoms with Gasteiger partial charge in [0.05, 0.1) is 13.0 Å². The second-order valence-electron chi connectivity index (χ2n) is 8.46. The first-order chi connectivity index (χ1) is 13.9. The summed E-state index contributed by atoms with van der Waals surface area (Å²) < 4.78 is 5.13. The fraction of sp³-hybridized carbons (Fsp3) is 0.955. The van der Waals surface area contributed by atoms with Crippen molar-refractivity contribution in [3.63, 3.8) is 0 Å². The number of hydrogen-bond acceptors (Lipinski definition) is 7. The van der Waals surface area contributed by atoms with Crippen LogP contribution in [0.5, 0.6) is 0 Å². The molecular weight excluding hydrogens is 376 g/mol. The van der Waals surface area contributed by atoms with E-state index in [4.69, 9.17) is 4.74 Å². The van der Waals surface area contributed by atoms with Crippen molar-refractivity contribution in [2.24, 2.45) is 0 Å². The average molecular weight is 419 g/mol. The molecule has 0 aromatic rings. The highest BCUT2D eigenvalue weighted by Crippen LogP contribution is 2.31. The highest BCUT2D eigenvalue weighted by molar-refractivity contribution is 5.79. The fourth-order valence-corrected chi connectivity index (χ4v) is 3.90. The Kier molecular flexibility index (Phi) is 13.2. The van der Waals surface area contributed by atoms with Crippen LogP contribution in [-0.2, 0) is 9.53 Å². The third kappa shape index (κ3) is 9.40. The van der Waals surface area contributed by atoms with Crippen molar-refractivity contribution >= 4 is 5.78 Å². The van der Waals surface area contributed by atoms with Gasteiger partial charge in [-0.2, -0.15) is 0 Å². The van der Waals surface area contributed by atoms with Gasteiger partial charge in [-0.25, -0.2) is 0 Å². The standard InChI is InChI=1S/C22H42O7/c1-2-3-4-5-6-7-8-9-10-11-12-13-14-17(24)15-22(28)21(27)20(26)19(25)18(16-23)29-22/h18-21,23,25-28H,2-16H2,1H3/t18-,19+,20+,21-,22-/m1/s1. The lowest BCUT2D eigenvalue weighted by Gasteiger charge is -2.45. The van der Waals surface area contributed by atoms with Crippen LogP contribution in [0.2, 0.25) is 0 Å². The highest BCUT2D eigenvalue weighted by Gasteiger charge is 2.53. The van der Waals surface area contributed by atoms with Crippen LogP contribution in [0.15, 0.2) is 0 Å². The van der Waals surface area contributed by atoms with Crippen LogP contribution in [0.1, 0.15) is 96.8 Å². The van der Waals surface area contributed by atoms with Gasteiger partial charge in [0.1, 0.15) is 30.2 Å². The molecule has 0 aliphatic carbocycles. The fourth-order valence-electron chi connectivity index (χ4n) is 3.90. The van der Waals surface area contributed by atoms with Crippen LogP contribution in [0.4, 0.5) is 0 Å². The van der Waals surface area contributed by atoms with Crippen LogP contribution in [-0.4, -0.2) is 68.1 Å². The first-order valence-electron chi connectivity index (χ1n) is 11.4. The van der Waals surface area contributed by atoms with Gasteiger partial charge in [-0.05, 0) is 6.42 Å². The van der Waals surface area contributed by atoms with Crippen molar-refractivity contribution in [2.75, 3.05) is 6.61 Å². The monoisotopic (exact) mass is 418 g/mol. The smallest absolute Gasteiger partial charge is 0.202 e. The maximum atomic E-state index is 12.2. The van der Waals surface area contributed by atoms with Gasteiger partial charge in [-0.1, -0.05) is 77.6 Å². The number of carbonyl (C=O) groups excluding carboxylic acids is 1. The molecule has 1 heterocycles. The zero-order valence-electron chi connectivity index (χ0n) is 18.0. The lowest BCUT2D eigenvalue weighted by Crippen LogP contribution is -2.65. The van der Waals surface area contributed by atoms with Crippen LogP contribution in [0.25, 0.3) is 0 Å². The number of ether oxygens (including phenoxy) is 1. The number of carbonyl (C=O) groups is 1. The molecule has 172 valence electrons. The molecule has 0 bridgehead atoms. The zero-order valence-corrected chi connectivity index (χ0v) is 18.0. The van der Waals surface area contributed by atoms with Crippen LogP contribution in [0.3, 0.4) is 0 Å². The predicted molar refractivity (Wildman–Crippen MR) is 110 cm³/mol. The number of aliphatic hydroxyl groups is 5. The van der Waals surface area contributed by atoms with E-state index in [1.807, 2.05) is 0 Å². The Bertz CT molecular complexity index is 443. The van der Waals surface area contributed by atoms with Gasteiger partial charge in [-0.15, -0.1) is 0 Å². The summed E-state index contributed by atoms with van der Waals surface area (Å²) in [6.45, 7) is 1.59. The molecule has 0 amide bonds. The number of unbranched alkanes of at least 4 members (excludes halogenated alkanes) is 11. The maximum absolute atomic E-state index is 12.2. The van der Waals surface area contributed by atoms with E-state index in [0.717, 1.165) is 19.3 Å². The quantitative estimate of drug-likeness (QED) is 0.243. The predicted octanol–water partition coefficient (Wildman–Crippen LogP) is 2.20. The largest absolute Gasteiger partial charge is 0.394 e. The van der Waals surface area contributed by atoms with E-state index in [1.165, 1.54) is 51.4 Å². The highest BCUT2D eigenvalue weighted by atomic mass is 16.7. The Morgan fingerprint density at radius 3 is 1.79 bits per heavy atom. The molecule has 1 aliphatic rings. The van der Waals surface area contributed by atoms with Gasteiger partial charge in [0.2, 0.25) is 5.79 Å². The molecule has 5 atom stereocenters. The summed E-state index contributed by atoms with van der Waals surface area (Å²) in [5.74, 6) is -2.57. The Labute approximate surface area is 175 Å². The second-order valence-corrected chi connectivity index (χ2v) is 8.46.